The number of likely N-dealkylation sites (N-methyl/N-ethyl adjacent to an activating group) is 1. The number of aryl methyl sites for hydroxylation is 2. The molecule has 1 aliphatic rings. The lowest BCUT2D eigenvalue weighted by atomic mass is 10.1. The van der Waals surface area contributed by atoms with Crippen LogP contribution in [0.1, 0.15) is 17.5 Å². The second-order valence-corrected chi connectivity index (χ2v) is 5.75. The summed E-state index contributed by atoms with van der Waals surface area (Å²) in [5.74, 6) is 0. The van der Waals surface area contributed by atoms with E-state index in [1.165, 1.54) is 50.3 Å². The molecule has 0 aliphatic carbocycles. The Morgan fingerprint density at radius 2 is 1.89 bits per heavy atom. The van der Waals surface area contributed by atoms with E-state index in [0.29, 0.717) is 0 Å². The monoisotopic (exact) mass is 266 g/mol. The highest BCUT2D eigenvalue weighted by molar-refractivity contribution is 6.31. The molecule has 0 spiro atoms. The highest BCUT2D eigenvalue weighted by Gasteiger charge is 2.13. The standard InChI is InChI=1S/C15H23ClN2/c1-13-5-6-14(15(16)12-13)4-3-7-18-10-8-17(2)9-11-18/h5-6,12H,3-4,7-11H2,1-2H3. The third kappa shape index (κ3) is 3.98. The molecular formula is C15H23ClN2. The zero-order valence-electron chi connectivity index (χ0n) is 11.5. The van der Waals surface area contributed by atoms with Gasteiger partial charge in [-0.15, -0.1) is 0 Å². The minimum atomic E-state index is 0.924. The molecular weight excluding hydrogens is 244 g/mol. The van der Waals surface area contributed by atoms with Crippen molar-refractivity contribution in [2.45, 2.75) is 19.8 Å². The molecule has 2 rings (SSSR count). The summed E-state index contributed by atoms with van der Waals surface area (Å²) >= 11 is 6.25. The van der Waals surface area contributed by atoms with Crippen molar-refractivity contribution in [3.63, 3.8) is 0 Å². The average molecular weight is 267 g/mol. The molecule has 2 nitrogen and oxygen atoms in total. The van der Waals surface area contributed by atoms with Crippen LogP contribution in [0.4, 0.5) is 0 Å². The molecule has 0 bridgehead atoms. The largest absolute Gasteiger partial charge is 0.304 e. The Morgan fingerprint density at radius 1 is 1.17 bits per heavy atom. The highest BCUT2D eigenvalue weighted by Crippen LogP contribution is 2.19. The fourth-order valence-electron chi connectivity index (χ4n) is 2.42. The summed E-state index contributed by atoms with van der Waals surface area (Å²) in [5.41, 5.74) is 2.53. The van der Waals surface area contributed by atoms with Crippen molar-refractivity contribution in [2.75, 3.05) is 39.8 Å². The van der Waals surface area contributed by atoms with Crippen LogP contribution in [0.15, 0.2) is 18.2 Å². The summed E-state index contributed by atoms with van der Waals surface area (Å²) in [6, 6.07) is 6.38. The maximum absolute atomic E-state index is 6.25. The molecule has 18 heavy (non-hydrogen) atoms. The van der Waals surface area contributed by atoms with Crippen LogP contribution in [0.3, 0.4) is 0 Å². The number of rotatable bonds is 4. The summed E-state index contributed by atoms with van der Waals surface area (Å²) in [4.78, 5) is 4.95. The molecule has 0 amide bonds. The summed E-state index contributed by atoms with van der Waals surface area (Å²) in [5, 5.41) is 0.924. The Labute approximate surface area is 116 Å². The van der Waals surface area contributed by atoms with Gasteiger partial charge in [-0.3, -0.25) is 0 Å². The third-order valence-electron chi connectivity index (χ3n) is 3.72. The minimum absolute atomic E-state index is 0.924. The maximum atomic E-state index is 6.25. The van der Waals surface area contributed by atoms with Gasteiger partial charge in [-0.05, 0) is 50.6 Å². The fraction of sp³-hybridized carbons (Fsp3) is 0.600. The van der Waals surface area contributed by atoms with Gasteiger partial charge >= 0.3 is 0 Å². The molecule has 1 aliphatic heterocycles. The number of hydrogen-bond donors (Lipinski definition) is 0. The lowest BCUT2D eigenvalue weighted by molar-refractivity contribution is 0.153. The summed E-state index contributed by atoms with van der Waals surface area (Å²) in [7, 11) is 2.20. The number of nitrogens with zero attached hydrogens (tertiary/aromatic N) is 2. The smallest absolute Gasteiger partial charge is 0.0440 e. The second-order valence-electron chi connectivity index (χ2n) is 5.34. The lowest BCUT2D eigenvalue weighted by Gasteiger charge is -2.32. The molecule has 1 aromatic carbocycles. The van der Waals surface area contributed by atoms with E-state index in [0.717, 1.165) is 11.4 Å². The number of benzene rings is 1. The van der Waals surface area contributed by atoms with E-state index in [2.05, 4.69) is 42.0 Å². The molecule has 0 saturated carbocycles. The van der Waals surface area contributed by atoms with Crippen LogP contribution in [-0.4, -0.2) is 49.6 Å². The minimum Gasteiger partial charge on any atom is -0.304 e. The van der Waals surface area contributed by atoms with Crippen molar-refractivity contribution in [2.24, 2.45) is 0 Å². The Morgan fingerprint density at radius 3 is 2.56 bits per heavy atom. The average Bonchev–Trinajstić information content (AvgIpc) is 2.34. The number of hydrogen-bond acceptors (Lipinski definition) is 2. The maximum Gasteiger partial charge on any atom is 0.0440 e. The van der Waals surface area contributed by atoms with Gasteiger partial charge in [0.1, 0.15) is 0 Å². The highest BCUT2D eigenvalue weighted by atomic mass is 35.5. The number of piperazine rings is 1. The molecule has 3 heteroatoms. The predicted molar refractivity (Wildman–Crippen MR) is 78.4 cm³/mol. The van der Waals surface area contributed by atoms with Gasteiger partial charge in [0, 0.05) is 31.2 Å². The van der Waals surface area contributed by atoms with Crippen LogP contribution < -0.4 is 0 Å². The van der Waals surface area contributed by atoms with Gasteiger partial charge in [0.25, 0.3) is 0 Å². The van der Waals surface area contributed by atoms with E-state index in [-0.39, 0.29) is 0 Å². The van der Waals surface area contributed by atoms with Crippen molar-refractivity contribution in [3.05, 3.63) is 34.3 Å². The van der Waals surface area contributed by atoms with Gasteiger partial charge in [-0.1, -0.05) is 23.7 Å². The quantitative estimate of drug-likeness (QED) is 0.827. The summed E-state index contributed by atoms with van der Waals surface area (Å²) < 4.78 is 0. The first-order chi connectivity index (χ1) is 8.65. The van der Waals surface area contributed by atoms with Gasteiger partial charge in [-0.2, -0.15) is 0 Å². The van der Waals surface area contributed by atoms with Crippen molar-refractivity contribution >= 4 is 11.6 Å². The lowest BCUT2D eigenvalue weighted by Crippen LogP contribution is -2.44. The van der Waals surface area contributed by atoms with Gasteiger partial charge < -0.3 is 9.80 Å². The van der Waals surface area contributed by atoms with E-state index in [1.807, 2.05) is 0 Å². The van der Waals surface area contributed by atoms with E-state index < -0.39 is 0 Å². The van der Waals surface area contributed by atoms with Crippen molar-refractivity contribution < 1.29 is 0 Å². The van der Waals surface area contributed by atoms with Crippen LogP contribution in [0, 0.1) is 6.92 Å². The molecule has 0 unspecified atom stereocenters. The molecule has 1 fully saturated rings. The molecule has 0 atom stereocenters. The molecule has 100 valence electrons. The topological polar surface area (TPSA) is 6.48 Å². The Kier molecular flexibility index (Phi) is 5.04. The van der Waals surface area contributed by atoms with E-state index in [4.69, 9.17) is 11.6 Å². The van der Waals surface area contributed by atoms with Gasteiger partial charge in [-0.25, -0.2) is 0 Å². The van der Waals surface area contributed by atoms with Crippen LogP contribution >= 0.6 is 11.6 Å². The molecule has 0 N–H and O–H groups in total. The molecule has 0 aromatic heterocycles. The Balaban J connectivity index is 1.75. The predicted octanol–water partition coefficient (Wildman–Crippen LogP) is 2.83. The Bertz CT molecular complexity index is 384. The third-order valence-corrected chi connectivity index (χ3v) is 4.08. The first-order valence-corrected chi connectivity index (χ1v) is 7.19. The van der Waals surface area contributed by atoms with Crippen LogP contribution in [-0.2, 0) is 6.42 Å². The number of halogens is 1. The van der Waals surface area contributed by atoms with E-state index in [9.17, 15) is 0 Å². The normalized spacial score (nSPS) is 18.2. The second kappa shape index (κ2) is 6.55. The van der Waals surface area contributed by atoms with Crippen LogP contribution in [0.25, 0.3) is 0 Å². The van der Waals surface area contributed by atoms with E-state index in [1.54, 1.807) is 0 Å². The summed E-state index contributed by atoms with van der Waals surface area (Å²) in [6.45, 7) is 8.09. The molecule has 1 saturated heterocycles. The van der Waals surface area contributed by atoms with Crippen LogP contribution in [0.2, 0.25) is 5.02 Å². The van der Waals surface area contributed by atoms with E-state index >= 15 is 0 Å². The zero-order valence-corrected chi connectivity index (χ0v) is 12.2. The van der Waals surface area contributed by atoms with Crippen molar-refractivity contribution in [3.8, 4) is 0 Å². The van der Waals surface area contributed by atoms with Crippen molar-refractivity contribution in [1.82, 2.24) is 9.80 Å². The fourth-order valence-corrected chi connectivity index (χ4v) is 2.75. The van der Waals surface area contributed by atoms with Gasteiger partial charge in [0.15, 0.2) is 0 Å². The summed E-state index contributed by atoms with van der Waals surface area (Å²) in [6.07, 6.45) is 2.29. The van der Waals surface area contributed by atoms with Gasteiger partial charge in [0.2, 0.25) is 0 Å². The van der Waals surface area contributed by atoms with Crippen LogP contribution in [0.5, 0.6) is 0 Å². The zero-order chi connectivity index (χ0) is 13.0. The molecule has 1 aromatic rings. The molecule has 1 heterocycles. The first-order valence-electron chi connectivity index (χ1n) is 6.81. The first kappa shape index (κ1) is 13.9. The van der Waals surface area contributed by atoms with Gasteiger partial charge in [0.05, 0.1) is 0 Å². The SMILES string of the molecule is Cc1ccc(CCCN2CCN(C)CC2)c(Cl)c1. The molecule has 0 radical (unpaired) electrons. The Hall–Kier alpha value is -0.570. The van der Waals surface area contributed by atoms with Crippen molar-refractivity contribution in [1.29, 1.82) is 0 Å².